The maximum Gasteiger partial charge on any atom is 0.252 e. The van der Waals surface area contributed by atoms with Crippen LogP contribution in [0.4, 0.5) is 0 Å². The summed E-state index contributed by atoms with van der Waals surface area (Å²) < 4.78 is 25.3. The lowest BCUT2D eigenvalue weighted by atomic mass is 10.0. The molecule has 1 aliphatic heterocycles. The normalized spacial score (nSPS) is 20.1. The highest BCUT2D eigenvalue weighted by Crippen LogP contribution is 2.30. The Kier molecular flexibility index (Phi) is 2.55. The van der Waals surface area contributed by atoms with Crippen molar-refractivity contribution in [3.8, 4) is 6.07 Å². The first-order valence-corrected chi connectivity index (χ1v) is 6.83. The third-order valence-electron chi connectivity index (χ3n) is 2.32. The molecular formula is C9H10N2O3S2. The number of nitrogens with zero attached hydrogens (tertiary/aromatic N) is 2. The number of aliphatic hydroxyl groups is 1. The molecule has 1 fully saturated rings. The van der Waals surface area contributed by atoms with Crippen LogP contribution in [-0.4, -0.2) is 36.5 Å². The van der Waals surface area contributed by atoms with Gasteiger partial charge in [-0.1, -0.05) is 0 Å². The van der Waals surface area contributed by atoms with E-state index in [0.29, 0.717) is 4.88 Å². The minimum atomic E-state index is -3.52. The molecule has 0 atom stereocenters. The summed E-state index contributed by atoms with van der Waals surface area (Å²) in [5.74, 6) is 0. The fourth-order valence-electron chi connectivity index (χ4n) is 1.53. The molecule has 0 amide bonds. The molecule has 1 aliphatic rings. The van der Waals surface area contributed by atoms with Crippen LogP contribution in [0.3, 0.4) is 0 Å². The lowest BCUT2D eigenvalue weighted by molar-refractivity contribution is -0.0425. The van der Waals surface area contributed by atoms with Crippen LogP contribution in [0, 0.1) is 11.3 Å². The van der Waals surface area contributed by atoms with Gasteiger partial charge in [-0.15, -0.1) is 11.3 Å². The summed E-state index contributed by atoms with van der Waals surface area (Å²) in [6, 6.07) is 4.80. The lowest BCUT2D eigenvalue weighted by Gasteiger charge is -2.42. The average molecular weight is 258 g/mol. The van der Waals surface area contributed by atoms with Gasteiger partial charge >= 0.3 is 0 Å². The highest BCUT2D eigenvalue weighted by atomic mass is 32.2. The Bertz CT molecular complexity index is 546. The molecule has 5 nitrogen and oxygen atoms in total. The number of hydrogen-bond acceptors (Lipinski definition) is 5. The summed E-state index contributed by atoms with van der Waals surface area (Å²) in [4.78, 5) is 0.367. The molecule has 2 heterocycles. The van der Waals surface area contributed by atoms with Gasteiger partial charge in [0.2, 0.25) is 0 Å². The minimum absolute atomic E-state index is 0.106. The van der Waals surface area contributed by atoms with Gasteiger partial charge in [-0.05, 0) is 19.1 Å². The van der Waals surface area contributed by atoms with Gasteiger partial charge in [0.05, 0.1) is 5.60 Å². The quantitative estimate of drug-likeness (QED) is 0.831. The molecule has 2 rings (SSSR count). The molecule has 0 unspecified atom stereocenters. The van der Waals surface area contributed by atoms with E-state index in [0.717, 1.165) is 11.3 Å². The molecule has 1 saturated heterocycles. The topological polar surface area (TPSA) is 81.4 Å². The van der Waals surface area contributed by atoms with Gasteiger partial charge in [-0.3, -0.25) is 0 Å². The number of thiophene rings is 1. The lowest BCUT2D eigenvalue weighted by Crippen LogP contribution is -2.61. The molecule has 1 aromatic rings. The van der Waals surface area contributed by atoms with Gasteiger partial charge in [0.15, 0.2) is 0 Å². The smallest absolute Gasteiger partial charge is 0.252 e. The van der Waals surface area contributed by atoms with Crippen molar-refractivity contribution in [1.29, 1.82) is 5.26 Å². The van der Waals surface area contributed by atoms with E-state index in [1.807, 2.05) is 6.07 Å². The van der Waals surface area contributed by atoms with Crippen LogP contribution >= 0.6 is 11.3 Å². The first-order chi connectivity index (χ1) is 7.35. The van der Waals surface area contributed by atoms with Crippen LogP contribution in [0.5, 0.6) is 0 Å². The van der Waals surface area contributed by atoms with Crippen LogP contribution in [0.2, 0.25) is 0 Å². The number of rotatable bonds is 2. The van der Waals surface area contributed by atoms with Crippen molar-refractivity contribution < 1.29 is 13.5 Å². The van der Waals surface area contributed by atoms with Crippen molar-refractivity contribution in [2.75, 3.05) is 13.1 Å². The van der Waals surface area contributed by atoms with Crippen molar-refractivity contribution in [2.24, 2.45) is 0 Å². The largest absolute Gasteiger partial charge is 0.387 e. The average Bonchev–Trinajstić information content (AvgIpc) is 2.62. The van der Waals surface area contributed by atoms with E-state index in [-0.39, 0.29) is 17.3 Å². The Morgan fingerprint density at radius 3 is 2.62 bits per heavy atom. The molecule has 0 bridgehead atoms. The zero-order valence-electron chi connectivity index (χ0n) is 8.54. The van der Waals surface area contributed by atoms with Crippen molar-refractivity contribution in [2.45, 2.75) is 16.7 Å². The van der Waals surface area contributed by atoms with Gasteiger partial charge in [-0.2, -0.15) is 9.57 Å². The van der Waals surface area contributed by atoms with Gasteiger partial charge in [0.25, 0.3) is 10.0 Å². The van der Waals surface area contributed by atoms with E-state index in [2.05, 4.69) is 0 Å². The van der Waals surface area contributed by atoms with Crippen LogP contribution in [-0.2, 0) is 10.0 Å². The second kappa shape index (κ2) is 3.53. The maximum absolute atomic E-state index is 11.9. The van der Waals surface area contributed by atoms with Crippen LogP contribution in [0.15, 0.2) is 16.3 Å². The monoisotopic (exact) mass is 258 g/mol. The summed E-state index contributed by atoms with van der Waals surface area (Å²) in [6.07, 6.45) is 0. The number of sulfonamides is 1. The molecule has 1 aromatic heterocycles. The number of hydrogen-bond donors (Lipinski definition) is 1. The summed E-state index contributed by atoms with van der Waals surface area (Å²) in [5, 5.41) is 18.1. The Balaban J connectivity index is 2.24. The second-order valence-corrected chi connectivity index (χ2v) is 7.25. The van der Waals surface area contributed by atoms with E-state index in [1.54, 1.807) is 6.92 Å². The van der Waals surface area contributed by atoms with Crippen LogP contribution < -0.4 is 0 Å². The molecule has 0 spiro atoms. The van der Waals surface area contributed by atoms with E-state index < -0.39 is 15.6 Å². The Labute approximate surface area is 97.6 Å². The van der Waals surface area contributed by atoms with E-state index in [1.165, 1.54) is 16.4 Å². The van der Waals surface area contributed by atoms with Gasteiger partial charge < -0.3 is 5.11 Å². The number of nitriles is 1. The SMILES string of the molecule is CC1(O)CN(S(=O)(=O)c2ccc(C#N)s2)C1. The van der Waals surface area contributed by atoms with Gasteiger partial charge in [-0.25, -0.2) is 8.42 Å². The highest BCUT2D eigenvalue weighted by Gasteiger charge is 2.44. The Morgan fingerprint density at radius 1 is 1.56 bits per heavy atom. The molecule has 0 radical (unpaired) electrons. The molecule has 16 heavy (non-hydrogen) atoms. The fourth-order valence-corrected chi connectivity index (χ4v) is 4.46. The predicted molar refractivity (Wildman–Crippen MR) is 58.4 cm³/mol. The van der Waals surface area contributed by atoms with Crippen molar-refractivity contribution in [1.82, 2.24) is 4.31 Å². The molecule has 0 saturated carbocycles. The molecule has 86 valence electrons. The zero-order valence-corrected chi connectivity index (χ0v) is 10.2. The first kappa shape index (κ1) is 11.5. The van der Waals surface area contributed by atoms with Crippen molar-refractivity contribution >= 4 is 21.4 Å². The van der Waals surface area contributed by atoms with Crippen LogP contribution in [0.25, 0.3) is 0 Å². The summed E-state index contributed by atoms with van der Waals surface area (Å²) in [7, 11) is -3.52. The Hall–Kier alpha value is -0.940. The van der Waals surface area contributed by atoms with Crippen molar-refractivity contribution in [3.05, 3.63) is 17.0 Å². The second-order valence-electron chi connectivity index (χ2n) is 4.00. The first-order valence-electron chi connectivity index (χ1n) is 4.58. The summed E-state index contributed by atoms with van der Waals surface area (Å²) in [5.41, 5.74) is -0.928. The predicted octanol–water partition coefficient (Wildman–Crippen LogP) is 0.375. The van der Waals surface area contributed by atoms with Crippen molar-refractivity contribution in [3.63, 3.8) is 0 Å². The Morgan fingerprint density at radius 2 is 2.19 bits per heavy atom. The maximum atomic E-state index is 11.9. The van der Waals surface area contributed by atoms with Gasteiger partial charge in [0.1, 0.15) is 15.2 Å². The standard InChI is InChI=1S/C9H10N2O3S2/c1-9(12)5-11(6-9)16(13,14)8-3-2-7(4-10)15-8/h2-3,12H,5-6H2,1H3. The third-order valence-corrected chi connectivity index (χ3v) is 5.57. The van der Waals surface area contributed by atoms with E-state index in [9.17, 15) is 13.5 Å². The summed E-state index contributed by atoms with van der Waals surface area (Å²) >= 11 is 0.945. The summed E-state index contributed by atoms with van der Waals surface area (Å²) in [6.45, 7) is 1.80. The zero-order chi connectivity index (χ0) is 12.0. The van der Waals surface area contributed by atoms with E-state index in [4.69, 9.17) is 5.26 Å². The minimum Gasteiger partial charge on any atom is -0.387 e. The molecule has 1 N–H and O–H groups in total. The third kappa shape index (κ3) is 1.85. The fraction of sp³-hybridized carbons (Fsp3) is 0.444. The molecular weight excluding hydrogens is 248 g/mol. The molecule has 7 heteroatoms. The molecule has 0 aromatic carbocycles. The van der Waals surface area contributed by atoms with E-state index >= 15 is 0 Å². The molecule has 0 aliphatic carbocycles. The highest BCUT2D eigenvalue weighted by molar-refractivity contribution is 7.91. The van der Waals surface area contributed by atoms with Gasteiger partial charge in [0, 0.05) is 13.1 Å². The number of β-amino-alcohol motifs (C(OH)–C–C–N with tert-alkyl or cyclic N) is 1. The van der Waals surface area contributed by atoms with Crippen LogP contribution in [0.1, 0.15) is 11.8 Å².